The van der Waals surface area contributed by atoms with Crippen molar-refractivity contribution in [1.29, 1.82) is 0 Å². The number of aromatic nitrogens is 4. The molecule has 0 N–H and O–H groups in total. The number of piperazine rings is 1. The zero-order valence-corrected chi connectivity index (χ0v) is 14.2. The molecule has 0 unspecified atom stereocenters. The molecule has 124 valence electrons. The van der Waals surface area contributed by atoms with Crippen LogP contribution in [0.15, 0.2) is 36.7 Å². The van der Waals surface area contributed by atoms with Gasteiger partial charge in [-0.05, 0) is 12.5 Å². The minimum absolute atomic E-state index is 0.907. The molecule has 1 aromatic carbocycles. The van der Waals surface area contributed by atoms with E-state index in [2.05, 4.69) is 55.2 Å². The van der Waals surface area contributed by atoms with E-state index in [1.807, 2.05) is 18.7 Å². The van der Waals surface area contributed by atoms with Crippen LogP contribution in [-0.2, 0) is 13.6 Å². The average molecular weight is 322 g/mol. The summed E-state index contributed by atoms with van der Waals surface area (Å²) >= 11 is 0. The minimum atomic E-state index is 0.907. The van der Waals surface area contributed by atoms with E-state index in [4.69, 9.17) is 0 Å². The van der Waals surface area contributed by atoms with E-state index in [0.29, 0.717) is 0 Å². The van der Waals surface area contributed by atoms with Crippen LogP contribution >= 0.6 is 0 Å². The monoisotopic (exact) mass is 322 g/mol. The zero-order chi connectivity index (χ0) is 16.5. The molecule has 0 bridgehead atoms. The second-order valence-electron chi connectivity index (χ2n) is 6.35. The van der Waals surface area contributed by atoms with Crippen LogP contribution in [0, 0.1) is 6.92 Å². The Labute approximate surface area is 141 Å². The lowest BCUT2D eigenvalue weighted by molar-refractivity contribution is 0.249. The number of hydrogen-bond donors (Lipinski definition) is 0. The Bertz CT molecular complexity index is 833. The van der Waals surface area contributed by atoms with Gasteiger partial charge in [0.25, 0.3) is 0 Å². The number of nitrogens with zero attached hydrogens (tertiary/aromatic N) is 6. The summed E-state index contributed by atoms with van der Waals surface area (Å²) in [5.41, 5.74) is 3.28. The van der Waals surface area contributed by atoms with Gasteiger partial charge in [-0.1, -0.05) is 30.3 Å². The quantitative estimate of drug-likeness (QED) is 0.738. The van der Waals surface area contributed by atoms with Crippen LogP contribution in [0.3, 0.4) is 0 Å². The Morgan fingerprint density at radius 1 is 1.00 bits per heavy atom. The number of aryl methyl sites for hydroxylation is 2. The van der Waals surface area contributed by atoms with Crippen molar-refractivity contribution >= 4 is 16.9 Å². The molecule has 0 amide bonds. The molecule has 6 heteroatoms. The molecule has 1 aliphatic rings. The number of benzene rings is 1. The van der Waals surface area contributed by atoms with E-state index in [-0.39, 0.29) is 0 Å². The molecule has 3 heterocycles. The molecule has 24 heavy (non-hydrogen) atoms. The van der Waals surface area contributed by atoms with Gasteiger partial charge in [-0.3, -0.25) is 9.58 Å². The summed E-state index contributed by atoms with van der Waals surface area (Å²) in [5.74, 6) is 1.02. The summed E-state index contributed by atoms with van der Waals surface area (Å²) in [4.78, 5) is 13.8. The maximum atomic E-state index is 4.56. The first-order valence-electron chi connectivity index (χ1n) is 8.38. The largest absolute Gasteiger partial charge is 0.353 e. The summed E-state index contributed by atoms with van der Waals surface area (Å²) in [7, 11) is 1.93. The van der Waals surface area contributed by atoms with Gasteiger partial charge in [0.05, 0.1) is 11.1 Å². The van der Waals surface area contributed by atoms with Crippen LogP contribution in [0.2, 0.25) is 0 Å². The predicted molar refractivity (Wildman–Crippen MR) is 95.0 cm³/mol. The first-order chi connectivity index (χ1) is 11.7. The van der Waals surface area contributed by atoms with Crippen LogP contribution in [-0.4, -0.2) is 50.8 Å². The van der Waals surface area contributed by atoms with Crippen LogP contribution in [0.5, 0.6) is 0 Å². The second-order valence-corrected chi connectivity index (χ2v) is 6.35. The molecular formula is C18H22N6. The van der Waals surface area contributed by atoms with Gasteiger partial charge in [0.1, 0.15) is 12.1 Å². The van der Waals surface area contributed by atoms with Crippen molar-refractivity contribution in [2.24, 2.45) is 7.05 Å². The van der Waals surface area contributed by atoms with E-state index >= 15 is 0 Å². The van der Waals surface area contributed by atoms with E-state index in [1.54, 1.807) is 6.33 Å². The van der Waals surface area contributed by atoms with Crippen LogP contribution < -0.4 is 4.90 Å². The Hall–Kier alpha value is -2.47. The lowest BCUT2D eigenvalue weighted by atomic mass is 10.2. The van der Waals surface area contributed by atoms with E-state index in [9.17, 15) is 0 Å². The van der Waals surface area contributed by atoms with Gasteiger partial charge in [0, 0.05) is 39.8 Å². The van der Waals surface area contributed by atoms with Crippen LogP contribution in [0.25, 0.3) is 11.0 Å². The molecule has 0 radical (unpaired) electrons. The topological polar surface area (TPSA) is 50.1 Å². The summed E-state index contributed by atoms with van der Waals surface area (Å²) in [6, 6.07) is 10.7. The maximum absolute atomic E-state index is 4.56. The van der Waals surface area contributed by atoms with Gasteiger partial charge in [-0.25, -0.2) is 9.97 Å². The van der Waals surface area contributed by atoms with Gasteiger partial charge in [-0.15, -0.1) is 0 Å². The number of anilines is 1. The molecule has 2 aromatic heterocycles. The molecule has 0 saturated carbocycles. The third kappa shape index (κ3) is 2.73. The summed E-state index contributed by atoms with van der Waals surface area (Å²) < 4.78 is 1.83. The van der Waals surface area contributed by atoms with E-state index in [1.165, 1.54) is 5.56 Å². The minimum Gasteiger partial charge on any atom is -0.353 e. The molecule has 3 aromatic rings. The lowest BCUT2D eigenvalue weighted by Gasteiger charge is -2.35. The Morgan fingerprint density at radius 3 is 2.50 bits per heavy atom. The highest BCUT2D eigenvalue weighted by Gasteiger charge is 2.22. The van der Waals surface area contributed by atoms with Crippen molar-refractivity contribution in [1.82, 2.24) is 24.6 Å². The van der Waals surface area contributed by atoms with Crippen molar-refractivity contribution in [2.45, 2.75) is 13.5 Å². The molecule has 1 saturated heterocycles. The van der Waals surface area contributed by atoms with Gasteiger partial charge < -0.3 is 4.90 Å². The molecule has 6 nitrogen and oxygen atoms in total. The van der Waals surface area contributed by atoms with Crippen molar-refractivity contribution in [3.8, 4) is 0 Å². The van der Waals surface area contributed by atoms with Crippen LogP contribution in [0.1, 0.15) is 11.3 Å². The molecule has 0 atom stereocenters. The van der Waals surface area contributed by atoms with Crippen molar-refractivity contribution in [3.05, 3.63) is 47.9 Å². The fourth-order valence-corrected chi connectivity index (χ4v) is 3.46. The normalized spacial score (nSPS) is 16.0. The molecular weight excluding hydrogens is 300 g/mol. The Kier molecular flexibility index (Phi) is 3.90. The third-order valence-electron chi connectivity index (χ3n) is 4.70. The molecule has 4 rings (SSSR count). The highest BCUT2D eigenvalue weighted by molar-refractivity contribution is 5.89. The second kappa shape index (κ2) is 6.20. The summed E-state index contributed by atoms with van der Waals surface area (Å²) in [5, 5.41) is 5.57. The number of hydrogen-bond acceptors (Lipinski definition) is 5. The smallest absolute Gasteiger partial charge is 0.163 e. The fourth-order valence-electron chi connectivity index (χ4n) is 3.46. The maximum Gasteiger partial charge on any atom is 0.163 e. The average Bonchev–Trinajstić information content (AvgIpc) is 2.91. The van der Waals surface area contributed by atoms with Crippen LogP contribution in [0.4, 0.5) is 5.82 Å². The lowest BCUT2D eigenvalue weighted by Crippen LogP contribution is -2.46. The highest BCUT2D eigenvalue weighted by atomic mass is 15.3. The molecule has 0 aliphatic carbocycles. The van der Waals surface area contributed by atoms with Crippen molar-refractivity contribution < 1.29 is 0 Å². The summed E-state index contributed by atoms with van der Waals surface area (Å²) in [6.07, 6.45) is 1.65. The Morgan fingerprint density at radius 2 is 1.75 bits per heavy atom. The highest BCUT2D eigenvalue weighted by Crippen LogP contribution is 2.26. The first kappa shape index (κ1) is 15.1. The zero-order valence-electron chi connectivity index (χ0n) is 14.2. The van der Waals surface area contributed by atoms with Gasteiger partial charge >= 0.3 is 0 Å². The first-order valence-corrected chi connectivity index (χ1v) is 8.38. The summed E-state index contributed by atoms with van der Waals surface area (Å²) in [6.45, 7) is 7.08. The van der Waals surface area contributed by atoms with Crippen molar-refractivity contribution in [2.75, 3.05) is 31.1 Å². The van der Waals surface area contributed by atoms with E-state index < -0.39 is 0 Å². The fraction of sp³-hybridized carbons (Fsp3) is 0.389. The van der Waals surface area contributed by atoms with E-state index in [0.717, 1.165) is 55.3 Å². The van der Waals surface area contributed by atoms with Gasteiger partial charge in [0.2, 0.25) is 0 Å². The third-order valence-corrected chi connectivity index (χ3v) is 4.70. The standard InChI is InChI=1S/C18H22N6/c1-14-16-17(22(2)21-14)19-13-20-18(16)24-10-8-23(9-11-24)12-15-6-4-3-5-7-15/h3-7,13H,8-12H2,1-2H3. The van der Waals surface area contributed by atoms with Crippen molar-refractivity contribution in [3.63, 3.8) is 0 Å². The predicted octanol–water partition coefficient (Wildman–Crippen LogP) is 1.99. The molecule has 1 aliphatic heterocycles. The molecule has 1 fully saturated rings. The SMILES string of the molecule is Cc1nn(C)c2ncnc(N3CCN(Cc4ccccc4)CC3)c12. The Balaban J connectivity index is 1.50. The number of fused-ring (bicyclic) bond motifs is 1. The number of rotatable bonds is 3. The van der Waals surface area contributed by atoms with Gasteiger partial charge in [-0.2, -0.15) is 5.10 Å². The van der Waals surface area contributed by atoms with Gasteiger partial charge in [0.15, 0.2) is 5.65 Å². The molecule has 0 spiro atoms.